The van der Waals surface area contributed by atoms with Crippen LogP contribution in [0.4, 0.5) is 5.82 Å². The van der Waals surface area contributed by atoms with E-state index in [0.717, 1.165) is 18.9 Å². The van der Waals surface area contributed by atoms with Crippen LogP contribution in [0.2, 0.25) is 0 Å². The van der Waals surface area contributed by atoms with Crippen molar-refractivity contribution in [3.8, 4) is 0 Å². The highest BCUT2D eigenvalue weighted by Gasteiger charge is 2.07. The molecular weight excluding hydrogens is 234 g/mol. The molecule has 1 aromatic carbocycles. The van der Waals surface area contributed by atoms with Crippen molar-refractivity contribution >= 4 is 5.82 Å². The first-order valence-electron chi connectivity index (χ1n) is 6.56. The molecule has 1 aromatic heterocycles. The van der Waals surface area contributed by atoms with Crippen LogP contribution >= 0.6 is 0 Å². The monoisotopic (exact) mass is 255 g/mol. The Balaban J connectivity index is 2.13. The third-order valence-corrected chi connectivity index (χ3v) is 3.11. The Kier molecular flexibility index (Phi) is 4.53. The molecule has 19 heavy (non-hydrogen) atoms. The molecule has 0 atom stereocenters. The summed E-state index contributed by atoms with van der Waals surface area (Å²) in [5.41, 5.74) is 3.73. The van der Waals surface area contributed by atoms with E-state index in [1.807, 2.05) is 19.3 Å². The summed E-state index contributed by atoms with van der Waals surface area (Å²) in [5, 5.41) is 3.15. The van der Waals surface area contributed by atoms with Gasteiger partial charge in [0.15, 0.2) is 0 Å². The highest BCUT2D eigenvalue weighted by atomic mass is 15.2. The Bertz CT molecular complexity index is 523. The van der Waals surface area contributed by atoms with Crippen molar-refractivity contribution in [1.82, 2.24) is 10.3 Å². The van der Waals surface area contributed by atoms with Crippen LogP contribution in [0.3, 0.4) is 0 Å². The molecule has 0 amide bonds. The van der Waals surface area contributed by atoms with E-state index in [4.69, 9.17) is 0 Å². The Morgan fingerprint density at radius 3 is 2.53 bits per heavy atom. The zero-order valence-corrected chi connectivity index (χ0v) is 11.9. The summed E-state index contributed by atoms with van der Waals surface area (Å²) < 4.78 is 0. The number of anilines is 1. The Morgan fingerprint density at radius 2 is 1.89 bits per heavy atom. The molecule has 0 aliphatic carbocycles. The lowest BCUT2D eigenvalue weighted by Gasteiger charge is -2.20. The average molecular weight is 255 g/mol. The molecular formula is C16H21N3. The Labute approximate surface area is 115 Å². The second-order valence-electron chi connectivity index (χ2n) is 4.86. The highest BCUT2D eigenvalue weighted by molar-refractivity contribution is 5.47. The van der Waals surface area contributed by atoms with Gasteiger partial charge in [-0.25, -0.2) is 4.98 Å². The van der Waals surface area contributed by atoms with Gasteiger partial charge in [-0.2, -0.15) is 0 Å². The number of hydrogen-bond donors (Lipinski definition) is 1. The van der Waals surface area contributed by atoms with E-state index in [0.29, 0.717) is 0 Å². The molecule has 0 saturated heterocycles. The first kappa shape index (κ1) is 13.6. The molecule has 100 valence electrons. The van der Waals surface area contributed by atoms with E-state index < -0.39 is 0 Å². The molecule has 0 spiro atoms. The quantitative estimate of drug-likeness (QED) is 0.890. The summed E-state index contributed by atoms with van der Waals surface area (Å²) in [4.78, 5) is 6.77. The van der Waals surface area contributed by atoms with Crippen molar-refractivity contribution < 1.29 is 0 Å². The molecule has 2 rings (SSSR count). The predicted octanol–water partition coefficient (Wildman–Crippen LogP) is 2.75. The molecule has 0 aliphatic heterocycles. The maximum Gasteiger partial charge on any atom is 0.131 e. The molecule has 3 nitrogen and oxygen atoms in total. The normalized spacial score (nSPS) is 10.5. The maximum atomic E-state index is 4.58. The van der Waals surface area contributed by atoms with E-state index in [1.54, 1.807) is 0 Å². The summed E-state index contributed by atoms with van der Waals surface area (Å²) in [6.07, 6.45) is 1.94. The van der Waals surface area contributed by atoms with Crippen LogP contribution in [0.5, 0.6) is 0 Å². The first-order chi connectivity index (χ1) is 9.20. The topological polar surface area (TPSA) is 28.2 Å². The lowest BCUT2D eigenvalue weighted by atomic mass is 10.1. The fourth-order valence-corrected chi connectivity index (χ4v) is 2.26. The third-order valence-electron chi connectivity index (χ3n) is 3.11. The van der Waals surface area contributed by atoms with Crippen LogP contribution in [-0.4, -0.2) is 19.1 Å². The zero-order valence-electron chi connectivity index (χ0n) is 11.9. The summed E-state index contributed by atoms with van der Waals surface area (Å²) >= 11 is 0. The van der Waals surface area contributed by atoms with Crippen LogP contribution in [-0.2, 0) is 13.1 Å². The van der Waals surface area contributed by atoms with Crippen molar-refractivity contribution in [1.29, 1.82) is 0 Å². The van der Waals surface area contributed by atoms with Crippen molar-refractivity contribution in [2.75, 3.05) is 19.0 Å². The van der Waals surface area contributed by atoms with Crippen LogP contribution in [0.1, 0.15) is 16.7 Å². The van der Waals surface area contributed by atoms with Gasteiger partial charge in [0.25, 0.3) is 0 Å². The number of aryl methyl sites for hydroxylation is 1. The molecule has 3 heteroatoms. The molecule has 0 bridgehead atoms. The molecule has 0 saturated carbocycles. The maximum absolute atomic E-state index is 4.58. The van der Waals surface area contributed by atoms with E-state index in [-0.39, 0.29) is 0 Å². The minimum atomic E-state index is 0.858. The molecule has 0 unspecified atom stereocenters. The van der Waals surface area contributed by atoms with Gasteiger partial charge in [0, 0.05) is 26.3 Å². The van der Waals surface area contributed by atoms with Gasteiger partial charge in [0.1, 0.15) is 5.82 Å². The third kappa shape index (κ3) is 3.55. The van der Waals surface area contributed by atoms with E-state index in [9.17, 15) is 0 Å². The van der Waals surface area contributed by atoms with Crippen LogP contribution < -0.4 is 10.2 Å². The van der Waals surface area contributed by atoms with Gasteiger partial charge in [-0.15, -0.1) is 0 Å². The second kappa shape index (κ2) is 6.34. The molecule has 1 heterocycles. The average Bonchev–Trinajstić information content (AvgIpc) is 2.40. The molecule has 0 radical (unpaired) electrons. The molecule has 0 fully saturated rings. The summed E-state index contributed by atoms with van der Waals surface area (Å²) in [5.74, 6) is 1.05. The van der Waals surface area contributed by atoms with Crippen LogP contribution in [0.15, 0.2) is 42.6 Å². The smallest absolute Gasteiger partial charge is 0.131 e. The number of aromatic nitrogens is 1. The predicted molar refractivity (Wildman–Crippen MR) is 80.3 cm³/mol. The van der Waals surface area contributed by atoms with Gasteiger partial charge in [0.05, 0.1) is 0 Å². The number of nitrogens with one attached hydrogen (secondary N) is 1. The van der Waals surface area contributed by atoms with Crippen molar-refractivity contribution in [2.24, 2.45) is 0 Å². The largest absolute Gasteiger partial charge is 0.355 e. The van der Waals surface area contributed by atoms with Crippen molar-refractivity contribution in [3.05, 3.63) is 59.3 Å². The number of nitrogens with zero attached hydrogens (tertiary/aromatic N) is 2. The Morgan fingerprint density at radius 1 is 1.16 bits per heavy atom. The number of pyridine rings is 1. The second-order valence-corrected chi connectivity index (χ2v) is 4.86. The van der Waals surface area contributed by atoms with Gasteiger partial charge in [0.2, 0.25) is 0 Å². The number of hydrogen-bond acceptors (Lipinski definition) is 3. The van der Waals surface area contributed by atoms with Gasteiger partial charge < -0.3 is 10.2 Å². The SMILES string of the molecule is CNCc1cnc(N(C)Cc2ccccc2)c(C)c1. The Hall–Kier alpha value is -1.87. The van der Waals surface area contributed by atoms with Crippen molar-refractivity contribution in [3.63, 3.8) is 0 Å². The standard InChI is InChI=1S/C16H21N3/c1-13-9-15(10-17-2)11-18-16(13)19(3)12-14-7-5-4-6-8-14/h4-9,11,17H,10,12H2,1-3H3. The van der Waals surface area contributed by atoms with Gasteiger partial charge in [-0.1, -0.05) is 30.3 Å². The summed E-state index contributed by atoms with van der Waals surface area (Å²) in [7, 11) is 4.03. The molecule has 2 aromatic rings. The van der Waals surface area contributed by atoms with E-state index in [1.165, 1.54) is 16.7 Å². The summed E-state index contributed by atoms with van der Waals surface area (Å²) in [6.45, 7) is 3.85. The number of benzene rings is 1. The molecule has 1 N–H and O–H groups in total. The number of rotatable bonds is 5. The lowest BCUT2D eigenvalue weighted by Crippen LogP contribution is -2.19. The minimum Gasteiger partial charge on any atom is -0.355 e. The molecule has 0 aliphatic rings. The minimum absolute atomic E-state index is 0.858. The summed E-state index contributed by atoms with van der Waals surface area (Å²) in [6, 6.07) is 12.7. The van der Waals surface area contributed by atoms with E-state index >= 15 is 0 Å². The fourth-order valence-electron chi connectivity index (χ4n) is 2.26. The van der Waals surface area contributed by atoms with E-state index in [2.05, 4.69) is 59.5 Å². The van der Waals surface area contributed by atoms with Crippen LogP contribution in [0.25, 0.3) is 0 Å². The van der Waals surface area contributed by atoms with Gasteiger partial charge >= 0.3 is 0 Å². The van der Waals surface area contributed by atoms with Gasteiger partial charge in [-0.3, -0.25) is 0 Å². The highest BCUT2D eigenvalue weighted by Crippen LogP contribution is 2.18. The van der Waals surface area contributed by atoms with Gasteiger partial charge in [-0.05, 0) is 36.7 Å². The van der Waals surface area contributed by atoms with Crippen LogP contribution in [0, 0.1) is 6.92 Å². The first-order valence-corrected chi connectivity index (χ1v) is 6.56. The zero-order chi connectivity index (χ0) is 13.7. The fraction of sp³-hybridized carbons (Fsp3) is 0.312. The lowest BCUT2D eigenvalue weighted by molar-refractivity contribution is 0.807. The van der Waals surface area contributed by atoms with Crippen molar-refractivity contribution in [2.45, 2.75) is 20.0 Å².